The molecule has 1 atom stereocenters. The normalized spacial score (nSPS) is 22.0. The lowest BCUT2D eigenvalue weighted by Gasteiger charge is -2.22. The topological polar surface area (TPSA) is 79.9 Å². The number of nitrogens with two attached hydrogens (primary N) is 1. The Morgan fingerprint density at radius 1 is 1.53 bits per heavy atom. The van der Waals surface area contributed by atoms with Gasteiger partial charge in [0.2, 0.25) is 0 Å². The van der Waals surface area contributed by atoms with Crippen molar-refractivity contribution in [2.45, 2.75) is 45.6 Å². The summed E-state index contributed by atoms with van der Waals surface area (Å²) < 4.78 is 5.29. The van der Waals surface area contributed by atoms with E-state index in [1.54, 1.807) is 0 Å². The third-order valence-corrected chi connectivity index (χ3v) is 3.39. The van der Waals surface area contributed by atoms with Crippen LogP contribution in [0.25, 0.3) is 0 Å². The minimum absolute atomic E-state index is 0.217. The van der Waals surface area contributed by atoms with Crippen molar-refractivity contribution in [2.75, 3.05) is 19.8 Å². The first-order valence-corrected chi connectivity index (χ1v) is 6.35. The van der Waals surface area contributed by atoms with Crippen LogP contribution in [0.1, 0.15) is 39.5 Å². The summed E-state index contributed by atoms with van der Waals surface area (Å²) in [5.74, 6) is 0.314. The molecule has 0 aliphatic carbocycles. The quantitative estimate of drug-likeness (QED) is 0.207. The molecule has 5 heteroatoms. The predicted molar refractivity (Wildman–Crippen MR) is 68.3 cm³/mol. The average molecular weight is 243 g/mol. The summed E-state index contributed by atoms with van der Waals surface area (Å²) >= 11 is 0. The van der Waals surface area contributed by atoms with Crippen LogP contribution in [-0.4, -0.2) is 36.8 Å². The van der Waals surface area contributed by atoms with E-state index in [9.17, 15) is 0 Å². The zero-order chi connectivity index (χ0) is 12.7. The highest BCUT2D eigenvalue weighted by Gasteiger charge is 2.22. The Hall–Kier alpha value is -0.810. The van der Waals surface area contributed by atoms with Crippen LogP contribution in [-0.2, 0) is 4.74 Å². The molecule has 0 radical (unpaired) electrons. The maximum Gasteiger partial charge on any atom is 0.144 e. The molecule has 0 aromatic carbocycles. The van der Waals surface area contributed by atoms with Crippen LogP contribution in [0.2, 0.25) is 0 Å². The Labute approximate surface area is 103 Å². The average Bonchev–Trinajstić information content (AvgIpc) is 2.80. The lowest BCUT2D eigenvalue weighted by atomic mass is 9.86. The lowest BCUT2D eigenvalue weighted by Crippen LogP contribution is -2.32. The number of nitrogens with one attached hydrogen (secondary N) is 1. The molecule has 1 aliphatic heterocycles. The van der Waals surface area contributed by atoms with E-state index in [1.807, 2.05) is 13.8 Å². The van der Waals surface area contributed by atoms with Crippen LogP contribution in [0, 0.1) is 5.41 Å². The SMILES string of the molecule is CC(C)(CCCCNC1CCOC1)C(N)=NO. The number of unbranched alkanes of at least 4 members (excludes halogenated alkanes) is 1. The van der Waals surface area contributed by atoms with Crippen molar-refractivity contribution in [3.8, 4) is 0 Å². The van der Waals surface area contributed by atoms with Crippen LogP contribution in [0.3, 0.4) is 0 Å². The molecule has 1 unspecified atom stereocenters. The van der Waals surface area contributed by atoms with Gasteiger partial charge in [-0.3, -0.25) is 0 Å². The Kier molecular flexibility index (Phi) is 5.71. The van der Waals surface area contributed by atoms with E-state index in [1.165, 1.54) is 0 Å². The number of oxime groups is 1. The number of amidine groups is 1. The Morgan fingerprint density at radius 2 is 2.29 bits per heavy atom. The summed E-state index contributed by atoms with van der Waals surface area (Å²) in [6, 6.07) is 0.534. The molecular weight excluding hydrogens is 218 g/mol. The molecule has 5 nitrogen and oxygen atoms in total. The molecule has 17 heavy (non-hydrogen) atoms. The molecule has 0 spiro atoms. The van der Waals surface area contributed by atoms with E-state index < -0.39 is 0 Å². The van der Waals surface area contributed by atoms with Crippen molar-refractivity contribution < 1.29 is 9.94 Å². The summed E-state index contributed by atoms with van der Waals surface area (Å²) in [5, 5.41) is 15.2. The number of hydrogen-bond donors (Lipinski definition) is 3. The highest BCUT2D eigenvalue weighted by atomic mass is 16.5. The van der Waals surface area contributed by atoms with Crippen molar-refractivity contribution in [3.05, 3.63) is 0 Å². The van der Waals surface area contributed by atoms with Crippen molar-refractivity contribution in [3.63, 3.8) is 0 Å². The highest BCUT2D eigenvalue weighted by Crippen LogP contribution is 2.23. The number of rotatable bonds is 7. The van der Waals surface area contributed by atoms with E-state index >= 15 is 0 Å². The van der Waals surface area contributed by atoms with Crippen molar-refractivity contribution >= 4 is 5.84 Å². The first-order chi connectivity index (χ1) is 8.06. The molecule has 1 rings (SSSR count). The van der Waals surface area contributed by atoms with E-state index in [0.29, 0.717) is 11.9 Å². The first kappa shape index (κ1) is 14.3. The smallest absolute Gasteiger partial charge is 0.144 e. The minimum atomic E-state index is -0.217. The van der Waals surface area contributed by atoms with Gasteiger partial charge in [0.05, 0.1) is 6.61 Å². The second-order valence-electron chi connectivity index (χ2n) is 5.34. The third kappa shape index (κ3) is 4.91. The van der Waals surface area contributed by atoms with Gasteiger partial charge in [0.15, 0.2) is 0 Å². The van der Waals surface area contributed by atoms with Crippen LogP contribution in [0.15, 0.2) is 5.16 Å². The highest BCUT2D eigenvalue weighted by molar-refractivity contribution is 5.85. The molecule has 1 aliphatic rings. The molecule has 0 bridgehead atoms. The van der Waals surface area contributed by atoms with E-state index in [-0.39, 0.29) is 5.41 Å². The number of ether oxygens (including phenoxy) is 1. The summed E-state index contributed by atoms with van der Waals surface area (Å²) in [5.41, 5.74) is 5.42. The van der Waals surface area contributed by atoms with Crippen molar-refractivity contribution in [2.24, 2.45) is 16.3 Å². The van der Waals surface area contributed by atoms with Crippen LogP contribution < -0.4 is 11.1 Å². The van der Waals surface area contributed by atoms with Crippen molar-refractivity contribution in [1.82, 2.24) is 5.32 Å². The zero-order valence-electron chi connectivity index (χ0n) is 10.9. The maximum atomic E-state index is 8.65. The zero-order valence-corrected chi connectivity index (χ0v) is 10.9. The number of nitrogens with zero attached hydrogens (tertiary/aromatic N) is 1. The largest absolute Gasteiger partial charge is 0.409 e. The lowest BCUT2D eigenvalue weighted by molar-refractivity contribution is 0.190. The monoisotopic (exact) mass is 243 g/mol. The molecule has 0 aromatic heterocycles. The summed E-state index contributed by atoms with van der Waals surface area (Å²) in [6.07, 6.45) is 4.24. The third-order valence-electron chi connectivity index (χ3n) is 3.39. The van der Waals surface area contributed by atoms with Gasteiger partial charge in [0.25, 0.3) is 0 Å². The molecule has 0 amide bonds. The molecule has 100 valence electrons. The van der Waals surface area contributed by atoms with E-state index in [4.69, 9.17) is 15.7 Å². The fourth-order valence-corrected chi connectivity index (χ4v) is 1.96. The fourth-order valence-electron chi connectivity index (χ4n) is 1.96. The van der Waals surface area contributed by atoms with E-state index in [2.05, 4.69) is 10.5 Å². The Balaban J connectivity index is 2.07. The second-order valence-corrected chi connectivity index (χ2v) is 5.34. The molecule has 0 saturated carbocycles. The summed E-state index contributed by atoms with van der Waals surface area (Å²) in [4.78, 5) is 0. The van der Waals surface area contributed by atoms with Gasteiger partial charge in [-0.2, -0.15) is 0 Å². The Morgan fingerprint density at radius 3 is 2.88 bits per heavy atom. The molecule has 0 aromatic rings. The fraction of sp³-hybridized carbons (Fsp3) is 0.917. The van der Waals surface area contributed by atoms with Crippen LogP contribution in [0.5, 0.6) is 0 Å². The van der Waals surface area contributed by atoms with Gasteiger partial charge in [-0.05, 0) is 25.8 Å². The number of hydrogen-bond acceptors (Lipinski definition) is 4. The van der Waals surface area contributed by atoms with Gasteiger partial charge in [0.1, 0.15) is 5.84 Å². The van der Waals surface area contributed by atoms with Gasteiger partial charge in [-0.15, -0.1) is 0 Å². The molecular formula is C12H25N3O2. The van der Waals surface area contributed by atoms with E-state index in [0.717, 1.165) is 45.4 Å². The Bertz CT molecular complexity index is 248. The molecule has 1 heterocycles. The maximum absolute atomic E-state index is 8.65. The van der Waals surface area contributed by atoms with Gasteiger partial charge in [-0.25, -0.2) is 0 Å². The predicted octanol–water partition coefficient (Wildman–Crippen LogP) is 1.31. The minimum Gasteiger partial charge on any atom is -0.409 e. The second kappa shape index (κ2) is 6.81. The molecule has 1 saturated heterocycles. The standard InChI is InChI=1S/C12H25N3O2/c1-12(2,11(13)15-16)6-3-4-7-14-10-5-8-17-9-10/h10,14,16H,3-9H2,1-2H3,(H2,13,15). The van der Waals surface area contributed by atoms with Gasteiger partial charge in [-0.1, -0.05) is 25.4 Å². The van der Waals surface area contributed by atoms with Crippen LogP contribution in [0.4, 0.5) is 0 Å². The molecule has 1 fully saturated rings. The van der Waals surface area contributed by atoms with Crippen LogP contribution >= 0.6 is 0 Å². The summed E-state index contributed by atoms with van der Waals surface area (Å²) in [6.45, 7) is 6.74. The van der Waals surface area contributed by atoms with Gasteiger partial charge in [0, 0.05) is 18.1 Å². The summed E-state index contributed by atoms with van der Waals surface area (Å²) in [7, 11) is 0. The van der Waals surface area contributed by atoms with Gasteiger partial charge < -0.3 is 21.0 Å². The molecule has 4 N–H and O–H groups in total. The van der Waals surface area contributed by atoms with Gasteiger partial charge >= 0.3 is 0 Å². The van der Waals surface area contributed by atoms with Crippen molar-refractivity contribution in [1.29, 1.82) is 0 Å². The first-order valence-electron chi connectivity index (χ1n) is 6.35.